The van der Waals surface area contributed by atoms with Gasteiger partial charge in [0.1, 0.15) is 0 Å². The molecule has 2 aliphatic rings. The zero-order valence-electron chi connectivity index (χ0n) is 17.0. The van der Waals surface area contributed by atoms with Gasteiger partial charge in [-0.1, -0.05) is 28.9 Å². The van der Waals surface area contributed by atoms with Crippen molar-refractivity contribution in [2.45, 2.75) is 50.0 Å². The molecule has 0 saturated carbocycles. The predicted octanol–water partition coefficient (Wildman–Crippen LogP) is 4.75. The lowest BCUT2D eigenvalue weighted by Gasteiger charge is -2.15. The quantitative estimate of drug-likeness (QED) is 0.812. The maximum Gasteiger partial charge on any atom is 0.351 e. The minimum Gasteiger partial charge on any atom is -0.305 e. The first kappa shape index (κ1) is 19.3. The Labute approximate surface area is 170 Å². The van der Waals surface area contributed by atoms with Gasteiger partial charge in [0.05, 0.1) is 0 Å². The van der Waals surface area contributed by atoms with E-state index < -0.39 is 10.7 Å². The topological polar surface area (TPSA) is 44.7 Å². The second kappa shape index (κ2) is 8.18. The molecule has 0 heterocycles. The standard InChI is InChI=1S/C23H29N3OS/c1-26(2)15-16-10-12-19(13-11-16)28(3)25-23(27)24-22-20-8-4-6-17(20)14-18-7-5-9-21(18)22/h10-14H,4-9,15H2,1-3H3,(H,24,27). The van der Waals surface area contributed by atoms with Crippen LogP contribution in [0.25, 0.3) is 0 Å². The van der Waals surface area contributed by atoms with Gasteiger partial charge in [-0.25, -0.2) is 4.79 Å². The second-order valence-corrected chi connectivity index (χ2v) is 9.73. The first-order valence-corrected chi connectivity index (χ1v) is 11.7. The van der Waals surface area contributed by atoms with Gasteiger partial charge in [0, 0.05) is 17.1 Å². The Morgan fingerprint density at radius 3 is 2.21 bits per heavy atom. The fraction of sp³-hybridized carbons (Fsp3) is 0.435. The van der Waals surface area contributed by atoms with E-state index in [-0.39, 0.29) is 6.03 Å². The number of carbonyl (C=O) groups excluding carboxylic acids is 1. The van der Waals surface area contributed by atoms with Gasteiger partial charge in [-0.05, 0) is 98.8 Å². The highest BCUT2D eigenvalue weighted by Gasteiger charge is 2.24. The molecule has 28 heavy (non-hydrogen) atoms. The molecule has 2 aromatic rings. The van der Waals surface area contributed by atoms with E-state index in [1.165, 1.54) is 40.7 Å². The molecule has 4 nitrogen and oxygen atoms in total. The lowest BCUT2D eigenvalue weighted by Crippen LogP contribution is -2.12. The fourth-order valence-corrected chi connectivity index (χ4v) is 5.36. The number of amides is 2. The van der Waals surface area contributed by atoms with Gasteiger partial charge in [-0.2, -0.15) is 4.36 Å². The van der Waals surface area contributed by atoms with Crippen molar-refractivity contribution in [3.63, 3.8) is 0 Å². The SMILES string of the molecule is CN(C)Cc1ccc(/S(C)=N/C(=O)Nc2c3c(cc4c2CCC4)CCC3)cc1. The average molecular weight is 396 g/mol. The van der Waals surface area contributed by atoms with Crippen LogP contribution in [-0.2, 0) is 42.9 Å². The number of fused-ring (bicyclic) bond motifs is 2. The van der Waals surface area contributed by atoms with E-state index in [0.29, 0.717) is 0 Å². The molecular formula is C23H29N3OS. The van der Waals surface area contributed by atoms with Crippen LogP contribution in [0.5, 0.6) is 0 Å². The third kappa shape index (κ3) is 4.06. The van der Waals surface area contributed by atoms with E-state index in [1.807, 2.05) is 6.26 Å². The third-order valence-corrected chi connectivity index (χ3v) is 7.08. The minimum absolute atomic E-state index is 0.211. The van der Waals surface area contributed by atoms with Crippen LogP contribution < -0.4 is 5.32 Å². The normalized spacial score (nSPS) is 16.3. The molecule has 2 amide bonds. The largest absolute Gasteiger partial charge is 0.351 e. The van der Waals surface area contributed by atoms with Crippen LogP contribution in [0.1, 0.15) is 40.7 Å². The van der Waals surface area contributed by atoms with Gasteiger partial charge < -0.3 is 10.2 Å². The Kier molecular flexibility index (Phi) is 5.65. The van der Waals surface area contributed by atoms with Crippen molar-refractivity contribution in [3.05, 3.63) is 58.1 Å². The molecule has 0 aromatic heterocycles. The van der Waals surface area contributed by atoms with Gasteiger partial charge in [-0.3, -0.25) is 0 Å². The summed E-state index contributed by atoms with van der Waals surface area (Å²) in [6, 6.07) is 10.6. The molecule has 2 aromatic carbocycles. The van der Waals surface area contributed by atoms with Crippen molar-refractivity contribution in [2.24, 2.45) is 4.36 Å². The molecule has 0 aliphatic heterocycles. The summed E-state index contributed by atoms with van der Waals surface area (Å²) in [6.07, 6.45) is 8.82. The summed E-state index contributed by atoms with van der Waals surface area (Å²) in [7, 11) is 3.67. The minimum atomic E-state index is -0.455. The Hall–Kier alpha value is -1.98. The van der Waals surface area contributed by atoms with E-state index in [9.17, 15) is 4.79 Å². The van der Waals surface area contributed by atoms with E-state index in [2.05, 4.69) is 59.0 Å². The summed E-state index contributed by atoms with van der Waals surface area (Å²) >= 11 is 0. The number of nitrogens with zero attached hydrogens (tertiary/aromatic N) is 2. The number of carbonyl (C=O) groups is 1. The molecule has 5 heteroatoms. The summed E-state index contributed by atoms with van der Waals surface area (Å²) in [5.41, 5.74) is 7.92. The molecule has 4 rings (SSSR count). The number of benzene rings is 2. The molecule has 0 bridgehead atoms. The van der Waals surface area contributed by atoms with E-state index in [4.69, 9.17) is 0 Å². The van der Waals surface area contributed by atoms with Crippen LogP contribution in [0.4, 0.5) is 10.5 Å². The van der Waals surface area contributed by atoms with E-state index >= 15 is 0 Å². The Morgan fingerprint density at radius 1 is 1.04 bits per heavy atom. The van der Waals surface area contributed by atoms with Crippen molar-refractivity contribution in [1.29, 1.82) is 0 Å². The Balaban J connectivity index is 1.53. The summed E-state index contributed by atoms with van der Waals surface area (Å²) in [5, 5.41) is 3.18. The zero-order chi connectivity index (χ0) is 19.7. The Morgan fingerprint density at radius 2 is 1.64 bits per heavy atom. The van der Waals surface area contributed by atoms with Crippen molar-refractivity contribution >= 4 is 22.4 Å². The van der Waals surface area contributed by atoms with Crippen LogP contribution in [0.15, 0.2) is 39.6 Å². The summed E-state index contributed by atoms with van der Waals surface area (Å²) in [4.78, 5) is 16.0. The molecule has 0 radical (unpaired) electrons. The number of aryl methyl sites for hydroxylation is 2. The van der Waals surface area contributed by atoms with Crippen molar-refractivity contribution in [3.8, 4) is 0 Å². The Bertz CT molecular complexity index is 900. The van der Waals surface area contributed by atoms with Crippen molar-refractivity contribution in [2.75, 3.05) is 25.7 Å². The number of hydrogen-bond donors (Lipinski definition) is 1. The van der Waals surface area contributed by atoms with E-state index in [0.717, 1.165) is 42.8 Å². The van der Waals surface area contributed by atoms with Gasteiger partial charge in [0.2, 0.25) is 0 Å². The summed E-state index contributed by atoms with van der Waals surface area (Å²) in [6.45, 7) is 0.916. The third-order valence-electron chi connectivity index (χ3n) is 5.69. The average Bonchev–Trinajstić information content (AvgIpc) is 3.30. The molecule has 1 atom stereocenters. The molecule has 2 aliphatic carbocycles. The smallest absolute Gasteiger partial charge is 0.305 e. The lowest BCUT2D eigenvalue weighted by molar-refractivity contribution is 0.260. The van der Waals surface area contributed by atoms with Crippen molar-refractivity contribution in [1.82, 2.24) is 4.90 Å². The van der Waals surface area contributed by atoms with Gasteiger partial charge in [-0.15, -0.1) is 0 Å². The highest BCUT2D eigenvalue weighted by molar-refractivity contribution is 7.87. The number of rotatable bonds is 4. The molecule has 1 N–H and O–H groups in total. The fourth-order valence-electron chi connectivity index (χ4n) is 4.43. The van der Waals surface area contributed by atoms with Gasteiger partial charge in [0.15, 0.2) is 0 Å². The highest BCUT2D eigenvalue weighted by atomic mass is 32.2. The molecule has 148 valence electrons. The number of hydrogen-bond acceptors (Lipinski definition) is 2. The lowest BCUT2D eigenvalue weighted by atomic mass is 9.99. The number of urea groups is 1. The number of nitrogens with one attached hydrogen (secondary N) is 1. The molecule has 0 spiro atoms. The highest BCUT2D eigenvalue weighted by Crippen LogP contribution is 2.38. The zero-order valence-corrected chi connectivity index (χ0v) is 17.9. The van der Waals surface area contributed by atoms with Crippen LogP contribution >= 0.6 is 0 Å². The molecule has 1 unspecified atom stereocenters. The van der Waals surface area contributed by atoms with Crippen LogP contribution in [0, 0.1) is 0 Å². The number of anilines is 1. The van der Waals surface area contributed by atoms with E-state index in [1.54, 1.807) is 0 Å². The van der Waals surface area contributed by atoms with Gasteiger partial charge >= 0.3 is 6.03 Å². The monoisotopic (exact) mass is 395 g/mol. The van der Waals surface area contributed by atoms with Crippen molar-refractivity contribution < 1.29 is 4.79 Å². The predicted molar refractivity (Wildman–Crippen MR) is 117 cm³/mol. The maximum atomic E-state index is 12.7. The van der Waals surface area contributed by atoms with Crippen LogP contribution in [0.2, 0.25) is 0 Å². The first-order valence-electron chi connectivity index (χ1n) is 10.1. The second-order valence-electron chi connectivity index (χ2n) is 8.12. The molecule has 0 fully saturated rings. The first-order chi connectivity index (χ1) is 13.5. The maximum absolute atomic E-state index is 12.7. The van der Waals surface area contributed by atoms with Gasteiger partial charge in [0.25, 0.3) is 0 Å². The van der Waals surface area contributed by atoms with Crippen LogP contribution in [-0.4, -0.2) is 31.3 Å². The van der Waals surface area contributed by atoms with Crippen LogP contribution in [0.3, 0.4) is 0 Å². The summed E-state index contributed by atoms with van der Waals surface area (Å²) < 4.78 is 4.45. The molecule has 0 saturated heterocycles. The molecular weight excluding hydrogens is 366 g/mol. The summed E-state index contributed by atoms with van der Waals surface area (Å²) in [5.74, 6) is 0.